The van der Waals surface area contributed by atoms with Crippen molar-refractivity contribution in [2.45, 2.75) is 46.1 Å². The van der Waals surface area contributed by atoms with Crippen LogP contribution in [-0.4, -0.2) is 17.5 Å². The number of hydrogen-bond acceptors (Lipinski definition) is 2. The second-order valence-electron chi connectivity index (χ2n) is 3.09. The highest BCUT2D eigenvalue weighted by molar-refractivity contribution is 4.76. The summed E-state index contributed by atoms with van der Waals surface area (Å²) in [4.78, 5) is 1.83. The minimum atomic E-state index is 0.358. The van der Waals surface area contributed by atoms with Crippen LogP contribution in [0.1, 0.15) is 40.0 Å². The zero-order valence-electron chi connectivity index (χ0n) is 7.80. The van der Waals surface area contributed by atoms with Gasteiger partial charge < -0.3 is 4.90 Å². The molecule has 0 fully saturated rings. The largest absolute Gasteiger partial charge is 0.308 e. The quantitative estimate of drug-likeness (QED) is 0.345. The molecule has 0 saturated carbocycles. The summed E-state index contributed by atoms with van der Waals surface area (Å²) in [7, 11) is 0. The Bertz CT molecular complexity index is 124. The van der Waals surface area contributed by atoms with Crippen LogP contribution in [0.3, 0.4) is 0 Å². The zero-order valence-corrected chi connectivity index (χ0v) is 7.80. The lowest BCUT2D eigenvalue weighted by atomic mass is 10.2. The average molecular weight is 154 g/mol. The third-order valence-corrected chi connectivity index (χ3v) is 1.75. The predicted molar refractivity (Wildman–Crippen MR) is 47.0 cm³/mol. The van der Waals surface area contributed by atoms with Gasteiger partial charge >= 0.3 is 0 Å². The van der Waals surface area contributed by atoms with E-state index in [2.05, 4.69) is 27.0 Å². The van der Waals surface area contributed by atoms with E-state index in [1.165, 1.54) is 12.8 Å². The Kier molecular flexibility index (Phi) is 5.64. The van der Waals surface area contributed by atoms with Gasteiger partial charge in [-0.25, -0.2) is 0 Å². The molecule has 2 nitrogen and oxygen atoms in total. The molecule has 0 bridgehead atoms. The Morgan fingerprint density at radius 3 is 2.36 bits per heavy atom. The van der Waals surface area contributed by atoms with Gasteiger partial charge in [0.1, 0.15) is 0 Å². The van der Waals surface area contributed by atoms with Gasteiger partial charge in [0.25, 0.3) is 0 Å². The van der Waals surface area contributed by atoms with Gasteiger partial charge in [0, 0.05) is 12.6 Å². The van der Waals surface area contributed by atoms with Crippen LogP contribution in [-0.2, 0) is 0 Å². The summed E-state index contributed by atoms with van der Waals surface area (Å²) in [6.07, 6.45) is 5.78. The van der Waals surface area contributed by atoms with E-state index in [4.69, 9.17) is 5.26 Å². The Labute approximate surface area is 69.8 Å². The lowest BCUT2D eigenvalue weighted by molar-refractivity contribution is 0.317. The average Bonchev–Trinajstić information content (AvgIpc) is 1.97. The van der Waals surface area contributed by atoms with E-state index < -0.39 is 0 Å². The lowest BCUT2D eigenvalue weighted by Gasteiger charge is -2.19. The maximum Gasteiger partial charge on any atom is 0.179 e. The second-order valence-corrected chi connectivity index (χ2v) is 3.09. The monoisotopic (exact) mass is 154 g/mol. The molecule has 0 aromatic rings. The van der Waals surface area contributed by atoms with Crippen LogP contribution in [0.4, 0.5) is 0 Å². The fourth-order valence-corrected chi connectivity index (χ4v) is 0.956. The fourth-order valence-electron chi connectivity index (χ4n) is 0.956. The fraction of sp³-hybridized carbons (Fsp3) is 0.889. The summed E-state index contributed by atoms with van der Waals surface area (Å²) in [5.41, 5.74) is 0. The van der Waals surface area contributed by atoms with E-state index in [1.54, 1.807) is 0 Å². The highest BCUT2D eigenvalue weighted by Gasteiger charge is 2.04. The van der Waals surface area contributed by atoms with E-state index in [0.29, 0.717) is 6.04 Å². The number of nitrogens with zero attached hydrogens (tertiary/aromatic N) is 2. The van der Waals surface area contributed by atoms with Gasteiger partial charge in [-0.2, -0.15) is 5.26 Å². The van der Waals surface area contributed by atoms with E-state index in [9.17, 15) is 0 Å². The molecule has 0 aliphatic rings. The first-order valence-electron chi connectivity index (χ1n) is 4.38. The molecule has 11 heavy (non-hydrogen) atoms. The van der Waals surface area contributed by atoms with Crippen molar-refractivity contribution in [1.82, 2.24) is 4.90 Å². The minimum Gasteiger partial charge on any atom is -0.308 e. The number of nitriles is 1. The van der Waals surface area contributed by atoms with Crippen LogP contribution in [0.2, 0.25) is 0 Å². The summed E-state index contributed by atoms with van der Waals surface area (Å²) in [5.74, 6) is 0. The van der Waals surface area contributed by atoms with Crippen molar-refractivity contribution in [3.05, 3.63) is 0 Å². The van der Waals surface area contributed by atoms with Gasteiger partial charge in [-0.15, -0.1) is 0 Å². The van der Waals surface area contributed by atoms with Gasteiger partial charge in [-0.1, -0.05) is 19.8 Å². The first-order valence-corrected chi connectivity index (χ1v) is 4.38. The summed E-state index contributed by atoms with van der Waals surface area (Å²) in [5, 5.41) is 8.67. The van der Waals surface area contributed by atoms with Crippen LogP contribution in [0.5, 0.6) is 0 Å². The number of rotatable bonds is 5. The van der Waals surface area contributed by atoms with E-state index in [-0.39, 0.29) is 0 Å². The molecule has 0 saturated heterocycles. The lowest BCUT2D eigenvalue weighted by Crippen LogP contribution is -2.26. The molecule has 0 rings (SSSR count). The molecule has 0 atom stereocenters. The van der Waals surface area contributed by atoms with Crippen molar-refractivity contribution in [2.75, 3.05) is 6.54 Å². The van der Waals surface area contributed by atoms with Gasteiger partial charge in [0.15, 0.2) is 6.19 Å². The summed E-state index contributed by atoms with van der Waals surface area (Å²) in [6.45, 7) is 7.19. The summed E-state index contributed by atoms with van der Waals surface area (Å²) in [6, 6.07) is 0.358. The van der Waals surface area contributed by atoms with Crippen molar-refractivity contribution in [1.29, 1.82) is 5.26 Å². The molecule has 0 aromatic heterocycles. The molecule has 0 aliphatic heterocycles. The maximum atomic E-state index is 8.67. The second kappa shape index (κ2) is 6.03. The standard InChI is InChI=1S/C9H18N2/c1-4-5-6-7-11(8-10)9(2)3/h9H,4-7H2,1-3H3. The Morgan fingerprint density at radius 1 is 1.36 bits per heavy atom. The van der Waals surface area contributed by atoms with Crippen molar-refractivity contribution < 1.29 is 0 Å². The van der Waals surface area contributed by atoms with Gasteiger partial charge in [-0.3, -0.25) is 0 Å². The molecule has 0 unspecified atom stereocenters. The Morgan fingerprint density at radius 2 is 2.00 bits per heavy atom. The minimum absolute atomic E-state index is 0.358. The van der Waals surface area contributed by atoms with E-state index in [1.807, 2.05) is 4.90 Å². The number of unbranched alkanes of at least 4 members (excludes halogenated alkanes) is 2. The SMILES string of the molecule is CCCCCN(C#N)C(C)C. The number of hydrogen-bond donors (Lipinski definition) is 0. The van der Waals surface area contributed by atoms with Crippen LogP contribution < -0.4 is 0 Å². The Hall–Kier alpha value is -0.710. The van der Waals surface area contributed by atoms with Crippen LogP contribution in [0.25, 0.3) is 0 Å². The van der Waals surface area contributed by atoms with E-state index >= 15 is 0 Å². The zero-order chi connectivity index (χ0) is 8.69. The molecule has 0 heterocycles. The van der Waals surface area contributed by atoms with Crippen molar-refractivity contribution in [3.8, 4) is 6.19 Å². The molecular formula is C9H18N2. The van der Waals surface area contributed by atoms with Crippen LogP contribution in [0.15, 0.2) is 0 Å². The van der Waals surface area contributed by atoms with E-state index in [0.717, 1.165) is 13.0 Å². The predicted octanol–water partition coefficient (Wildman–Crippen LogP) is 2.37. The summed E-state index contributed by atoms with van der Waals surface area (Å²) >= 11 is 0. The highest BCUT2D eigenvalue weighted by atomic mass is 15.1. The van der Waals surface area contributed by atoms with Crippen molar-refractivity contribution >= 4 is 0 Å². The normalized spacial score (nSPS) is 9.73. The molecule has 0 aromatic carbocycles. The Balaban J connectivity index is 3.47. The highest BCUT2D eigenvalue weighted by Crippen LogP contribution is 2.00. The molecule has 0 N–H and O–H groups in total. The first-order chi connectivity index (χ1) is 5.22. The van der Waals surface area contributed by atoms with Gasteiger partial charge in [0.2, 0.25) is 0 Å². The topological polar surface area (TPSA) is 27.0 Å². The van der Waals surface area contributed by atoms with Gasteiger partial charge in [0.05, 0.1) is 0 Å². The molecule has 0 radical (unpaired) electrons. The summed E-state index contributed by atoms with van der Waals surface area (Å²) < 4.78 is 0. The molecule has 0 spiro atoms. The van der Waals surface area contributed by atoms with Crippen LogP contribution in [0, 0.1) is 11.5 Å². The van der Waals surface area contributed by atoms with Crippen molar-refractivity contribution in [2.24, 2.45) is 0 Å². The van der Waals surface area contributed by atoms with Crippen molar-refractivity contribution in [3.63, 3.8) is 0 Å². The van der Waals surface area contributed by atoms with Crippen LogP contribution >= 0.6 is 0 Å². The maximum absolute atomic E-state index is 8.67. The third kappa shape index (κ3) is 4.66. The molecule has 0 aliphatic carbocycles. The first kappa shape index (κ1) is 10.3. The van der Waals surface area contributed by atoms with Gasteiger partial charge in [-0.05, 0) is 20.3 Å². The smallest absolute Gasteiger partial charge is 0.179 e. The molecule has 64 valence electrons. The molecule has 2 heteroatoms. The molecular weight excluding hydrogens is 136 g/mol. The third-order valence-electron chi connectivity index (χ3n) is 1.75. The molecule has 0 amide bonds.